The van der Waals surface area contributed by atoms with E-state index in [1.807, 2.05) is 0 Å². The van der Waals surface area contributed by atoms with E-state index in [2.05, 4.69) is 93.9 Å². The van der Waals surface area contributed by atoms with Gasteiger partial charge >= 0.3 is 5.69 Å². The summed E-state index contributed by atoms with van der Waals surface area (Å²) in [5.41, 5.74) is 2.33. The molecular formula is C35H51N13O3. The molecule has 16 heteroatoms. The van der Waals surface area contributed by atoms with Crippen LogP contribution in [0.1, 0.15) is 53.9 Å². The number of rotatable bonds is 22. The molecule has 0 radical (unpaired) electrons. The van der Waals surface area contributed by atoms with Gasteiger partial charge in [0, 0.05) is 31.0 Å². The summed E-state index contributed by atoms with van der Waals surface area (Å²) in [4.78, 5) is 60.7. The average Bonchev–Trinajstić information content (AvgIpc) is 3.48. The second-order valence-corrected chi connectivity index (χ2v) is 12.1. The smallest absolute Gasteiger partial charge is 0.323 e. The first-order valence-corrected chi connectivity index (χ1v) is 17.7. The molecule has 0 aliphatic carbocycles. The fraction of sp³-hybridized carbons (Fsp3) is 0.486. The fourth-order valence-electron chi connectivity index (χ4n) is 5.43. The third kappa shape index (κ3) is 12.3. The van der Waals surface area contributed by atoms with Gasteiger partial charge < -0.3 is 41.0 Å². The van der Waals surface area contributed by atoms with Crippen LogP contribution in [-0.2, 0) is 9.59 Å². The number of Topliss-reactive ketones (excluding diaryl/α,β-unsaturated/α-hetero) is 1. The second-order valence-electron chi connectivity index (χ2n) is 12.1. The van der Waals surface area contributed by atoms with Crippen LogP contribution < -0.4 is 27.0 Å². The van der Waals surface area contributed by atoms with Crippen molar-refractivity contribution in [1.29, 1.82) is 0 Å². The Hall–Kier alpha value is -5.22. The Morgan fingerprint density at radius 2 is 1.39 bits per heavy atom. The Morgan fingerprint density at radius 3 is 2.04 bits per heavy atom. The zero-order valence-electron chi connectivity index (χ0n) is 30.3. The van der Waals surface area contributed by atoms with E-state index in [1.165, 1.54) is 6.92 Å². The van der Waals surface area contributed by atoms with Crippen molar-refractivity contribution in [3.8, 4) is 0 Å². The van der Waals surface area contributed by atoms with Crippen molar-refractivity contribution >= 4 is 57.6 Å². The highest BCUT2D eigenvalue weighted by Crippen LogP contribution is 2.21. The van der Waals surface area contributed by atoms with Gasteiger partial charge in [-0.15, -0.1) is 0 Å². The molecule has 51 heavy (non-hydrogen) atoms. The van der Waals surface area contributed by atoms with Gasteiger partial charge in [-0.05, 0) is 101 Å². The molecule has 4 rings (SSSR count). The predicted molar refractivity (Wildman–Crippen MR) is 202 cm³/mol. The maximum atomic E-state index is 12.9. The summed E-state index contributed by atoms with van der Waals surface area (Å²) < 4.78 is 0. The molecule has 1 amide bonds. The Bertz CT molecular complexity index is 1780. The van der Waals surface area contributed by atoms with Crippen molar-refractivity contribution in [2.24, 2.45) is 10.2 Å². The van der Waals surface area contributed by atoms with E-state index < -0.39 is 17.7 Å². The molecule has 1 atom stereocenters. The fourth-order valence-corrected chi connectivity index (χ4v) is 5.43. The van der Waals surface area contributed by atoms with E-state index in [0.29, 0.717) is 52.5 Å². The summed E-state index contributed by atoms with van der Waals surface area (Å²) in [5.74, 6) is 0.232. The lowest BCUT2D eigenvalue weighted by Gasteiger charge is -2.21. The summed E-state index contributed by atoms with van der Waals surface area (Å²) in [6.07, 6.45) is 3.16. The van der Waals surface area contributed by atoms with Crippen molar-refractivity contribution in [1.82, 2.24) is 34.7 Å². The van der Waals surface area contributed by atoms with Crippen LogP contribution in [-0.4, -0.2) is 105 Å². The van der Waals surface area contributed by atoms with E-state index in [0.717, 1.165) is 65.1 Å². The molecule has 0 aliphatic heterocycles. The molecule has 2 aromatic carbocycles. The number of carbonyl (C=O) groups is 2. The number of hydrogen-bond acceptors (Lipinski definition) is 13. The maximum Gasteiger partial charge on any atom is 0.323 e. The first-order valence-electron chi connectivity index (χ1n) is 17.7. The molecular weight excluding hydrogens is 650 g/mol. The number of benzene rings is 2. The van der Waals surface area contributed by atoms with Gasteiger partial charge in [0.15, 0.2) is 5.78 Å². The number of nitrogens with one attached hydrogen (secondary N) is 6. The molecule has 0 aliphatic rings. The Morgan fingerprint density at radius 1 is 0.765 bits per heavy atom. The third-order valence-corrected chi connectivity index (χ3v) is 8.08. The molecule has 0 saturated carbocycles. The number of imidazole rings is 1. The number of aromatic nitrogens is 5. The van der Waals surface area contributed by atoms with Crippen LogP contribution in [0.2, 0.25) is 0 Å². The van der Waals surface area contributed by atoms with Gasteiger partial charge in [0.25, 0.3) is 5.91 Å². The standard InChI is InChI=1S/C35H51N13O3/c1-6-19-48(20-7-2)22-18-37-33-42-32(36-17-10-21-47(8-3)9-4)43-34(44-33)39-25-11-13-26(14-12-25)45-46-30(24(5)49)31(50)38-27-15-16-28-29(23-27)41-35(51)40-28/h11-16,23,30H,6-10,17-22H2,1-5H3,(H,38,50)(H2,40,41,51)(H3,36,37,39,42,43,44). The topological polar surface area (TPSA) is 201 Å². The maximum absolute atomic E-state index is 12.9. The number of nitrogens with zero attached hydrogens (tertiary/aromatic N) is 7. The molecule has 0 fully saturated rings. The molecule has 274 valence electrons. The molecule has 0 bridgehead atoms. The molecule has 16 nitrogen and oxygen atoms in total. The molecule has 2 aromatic heterocycles. The van der Waals surface area contributed by atoms with Gasteiger partial charge in [-0.25, -0.2) is 4.79 Å². The second kappa shape index (κ2) is 19.8. The monoisotopic (exact) mass is 701 g/mol. The third-order valence-electron chi connectivity index (χ3n) is 8.08. The van der Waals surface area contributed by atoms with Gasteiger partial charge in [-0.2, -0.15) is 25.2 Å². The van der Waals surface area contributed by atoms with Gasteiger partial charge in [0.05, 0.1) is 16.7 Å². The highest BCUT2D eigenvalue weighted by molar-refractivity contribution is 6.10. The van der Waals surface area contributed by atoms with Crippen molar-refractivity contribution in [3.63, 3.8) is 0 Å². The van der Waals surface area contributed by atoms with Crippen molar-refractivity contribution < 1.29 is 9.59 Å². The predicted octanol–water partition coefficient (Wildman–Crippen LogP) is 5.14. The van der Waals surface area contributed by atoms with E-state index in [4.69, 9.17) is 0 Å². The molecule has 0 spiro atoms. The molecule has 6 N–H and O–H groups in total. The molecule has 1 unspecified atom stereocenters. The van der Waals surface area contributed by atoms with Gasteiger partial charge in [0.2, 0.25) is 23.9 Å². The highest BCUT2D eigenvalue weighted by Gasteiger charge is 2.23. The number of hydrogen-bond donors (Lipinski definition) is 6. The quantitative estimate of drug-likeness (QED) is 0.0360. The summed E-state index contributed by atoms with van der Waals surface area (Å²) in [5, 5.41) is 20.8. The SMILES string of the molecule is CCCN(CCC)CCNc1nc(NCCCN(CC)CC)nc(Nc2ccc(N=NC(C(C)=O)C(=O)Nc3ccc4[nH]c(=O)[nH]c4c3)cc2)n1. The number of carbonyl (C=O) groups excluding carboxylic acids is 2. The average molecular weight is 702 g/mol. The zero-order chi connectivity index (χ0) is 36.6. The number of aromatic amines is 2. The first-order chi connectivity index (χ1) is 24.7. The normalized spacial score (nSPS) is 12.1. The van der Waals surface area contributed by atoms with Crippen molar-refractivity contribution in [2.45, 2.75) is 59.9 Å². The van der Waals surface area contributed by atoms with Gasteiger partial charge in [-0.1, -0.05) is 27.7 Å². The molecule has 4 aromatic rings. The van der Waals surface area contributed by atoms with Crippen LogP contribution in [0.3, 0.4) is 0 Å². The highest BCUT2D eigenvalue weighted by atomic mass is 16.2. The number of amides is 1. The van der Waals surface area contributed by atoms with E-state index >= 15 is 0 Å². The number of fused-ring (bicyclic) bond motifs is 1. The lowest BCUT2D eigenvalue weighted by molar-refractivity contribution is -0.126. The van der Waals surface area contributed by atoms with Gasteiger partial charge in [0.1, 0.15) is 0 Å². The van der Waals surface area contributed by atoms with E-state index in [1.54, 1.807) is 42.5 Å². The summed E-state index contributed by atoms with van der Waals surface area (Å²) in [6, 6.07) is 10.5. The van der Waals surface area contributed by atoms with Crippen LogP contribution >= 0.6 is 0 Å². The largest absolute Gasteiger partial charge is 0.354 e. The van der Waals surface area contributed by atoms with Crippen LogP contribution in [0, 0.1) is 0 Å². The Balaban J connectivity index is 1.41. The number of anilines is 5. The van der Waals surface area contributed by atoms with Crippen LogP contribution in [0.5, 0.6) is 0 Å². The summed E-state index contributed by atoms with van der Waals surface area (Å²) >= 11 is 0. The Kier molecular flexibility index (Phi) is 15.0. The lowest BCUT2D eigenvalue weighted by Crippen LogP contribution is -2.31. The molecule has 0 saturated heterocycles. The van der Waals surface area contributed by atoms with Crippen molar-refractivity contribution in [2.75, 3.05) is 73.6 Å². The van der Waals surface area contributed by atoms with E-state index in [9.17, 15) is 14.4 Å². The summed E-state index contributed by atoms with van der Waals surface area (Å²) in [6.45, 7) is 17.4. The van der Waals surface area contributed by atoms with Crippen LogP contribution in [0.4, 0.5) is 34.9 Å². The van der Waals surface area contributed by atoms with E-state index in [-0.39, 0.29) is 5.69 Å². The van der Waals surface area contributed by atoms with Gasteiger partial charge in [-0.3, -0.25) is 9.59 Å². The number of azo groups is 1. The minimum absolute atomic E-state index is 0.356. The number of ketones is 1. The van der Waals surface area contributed by atoms with Crippen LogP contribution in [0.15, 0.2) is 57.5 Å². The number of H-pyrrole nitrogens is 2. The Labute approximate surface area is 298 Å². The zero-order valence-corrected chi connectivity index (χ0v) is 30.3. The lowest BCUT2D eigenvalue weighted by atomic mass is 10.2. The minimum Gasteiger partial charge on any atom is -0.354 e. The van der Waals surface area contributed by atoms with Crippen molar-refractivity contribution in [3.05, 3.63) is 52.9 Å². The van der Waals surface area contributed by atoms with Crippen LogP contribution in [0.25, 0.3) is 11.0 Å². The minimum atomic E-state index is -1.35. The first kappa shape index (κ1) is 38.6. The summed E-state index contributed by atoms with van der Waals surface area (Å²) in [7, 11) is 0. The molecule has 2 heterocycles.